The Morgan fingerprint density at radius 1 is 1.36 bits per heavy atom. The molecule has 0 bridgehead atoms. The van der Waals surface area contributed by atoms with Crippen molar-refractivity contribution >= 4 is 26.9 Å². The van der Waals surface area contributed by atoms with E-state index >= 15 is 0 Å². The molecule has 1 fully saturated rings. The van der Waals surface area contributed by atoms with Gasteiger partial charge in [-0.3, -0.25) is 9.78 Å². The van der Waals surface area contributed by atoms with Crippen LogP contribution in [-0.2, 0) is 19.6 Å². The van der Waals surface area contributed by atoms with Crippen LogP contribution in [-0.4, -0.2) is 44.2 Å². The van der Waals surface area contributed by atoms with Crippen LogP contribution in [0.15, 0.2) is 35.4 Å². The highest BCUT2D eigenvalue weighted by Gasteiger charge is 2.41. The molecule has 2 heterocycles. The van der Waals surface area contributed by atoms with E-state index in [2.05, 4.69) is 9.71 Å². The zero-order chi connectivity index (χ0) is 18.1. The number of hydrogen-bond acceptors (Lipinski definition) is 5. The van der Waals surface area contributed by atoms with Gasteiger partial charge in [-0.2, -0.15) is 0 Å². The first-order chi connectivity index (χ1) is 11.8. The lowest BCUT2D eigenvalue weighted by atomic mass is 9.80. The second kappa shape index (κ2) is 6.70. The molecule has 0 aliphatic carbocycles. The van der Waals surface area contributed by atoms with Gasteiger partial charge in [0.2, 0.25) is 10.0 Å². The topological polar surface area (TPSA) is 106 Å². The SMILES string of the molecule is Cc1cnc2c(S(=O)(=O)NCC3(C(=O)O)CCOCC3)cccc2c1. The summed E-state index contributed by atoms with van der Waals surface area (Å²) >= 11 is 0. The number of nitrogens with one attached hydrogen (secondary N) is 1. The number of aliphatic carboxylic acids is 1. The molecule has 1 aliphatic rings. The van der Waals surface area contributed by atoms with Gasteiger partial charge in [0.25, 0.3) is 0 Å². The summed E-state index contributed by atoms with van der Waals surface area (Å²) in [5.74, 6) is -1.01. The van der Waals surface area contributed by atoms with Gasteiger partial charge in [0.1, 0.15) is 4.90 Å². The summed E-state index contributed by atoms with van der Waals surface area (Å²) < 4.78 is 33.2. The smallest absolute Gasteiger partial charge is 0.311 e. The highest BCUT2D eigenvalue weighted by molar-refractivity contribution is 7.89. The summed E-state index contributed by atoms with van der Waals surface area (Å²) in [6, 6.07) is 6.79. The summed E-state index contributed by atoms with van der Waals surface area (Å²) in [5.41, 5.74) is 0.166. The maximum atomic E-state index is 12.8. The Hall–Kier alpha value is -2.03. The van der Waals surface area contributed by atoms with Gasteiger partial charge in [-0.15, -0.1) is 0 Å². The molecule has 7 nitrogen and oxygen atoms in total. The van der Waals surface area contributed by atoms with Gasteiger partial charge in [0.05, 0.1) is 10.9 Å². The number of rotatable bonds is 5. The number of aromatic nitrogens is 1. The minimum absolute atomic E-state index is 0.0533. The molecular weight excluding hydrogens is 344 g/mol. The monoisotopic (exact) mass is 364 g/mol. The fraction of sp³-hybridized carbons (Fsp3) is 0.412. The van der Waals surface area contributed by atoms with Crippen molar-refractivity contribution in [2.24, 2.45) is 5.41 Å². The van der Waals surface area contributed by atoms with E-state index in [1.54, 1.807) is 18.3 Å². The highest BCUT2D eigenvalue weighted by Crippen LogP contribution is 2.31. The van der Waals surface area contributed by atoms with E-state index in [0.29, 0.717) is 18.7 Å². The van der Waals surface area contributed by atoms with E-state index in [9.17, 15) is 18.3 Å². The predicted molar refractivity (Wildman–Crippen MR) is 91.8 cm³/mol. The fourth-order valence-corrected chi connectivity index (χ4v) is 4.30. The van der Waals surface area contributed by atoms with Crippen molar-refractivity contribution in [2.75, 3.05) is 19.8 Å². The number of hydrogen-bond donors (Lipinski definition) is 2. The maximum absolute atomic E-state index is 12.8. The van der Waals surface area contributed by atoms with Crippen LogP contribution in [0.3, 0.4) is 0 Å². The summed E-state index contributed by atoms with van der Waals surface area (Å²) in [5, 5.41) is 10.3. The van der Waals surface area contributed by atoms with Crippen molar-refractivity contribution < 1.29 is 23.1 Å². The molecule has 0 amide bonds. The Bertz CT molecular complexity index is 904. The van der Waals surface area contributed by atoms with Crippen molar-refractivity contribution in [3.8, 4) is 0 Å². The molecule has 0 radical (unpaired) electrons. The Kier molecular flexibility index (Phi) is 4.77. The normalized spacial score (nSPS) is 17.5. The average molecular weight is 364 g/mol. The maximum Gasteiger partial charge on any atom is 0.311 e. The van der Waals surface area contributed by atoms with Gasteiger partial charge in [0.15, 0.2) is 0 Å². The van der Waals surface area contributed by atoms with Crippen molar-refractivity contribution in [3.63, 3.8) is 0 Å². The Morgan fingerprint density at radius 3 is 2.76 bits per heavy atom. The summed E-state index contributed by atoms with van der Waals surface area (Å²) in [6.07, 6.45) is 2.16. The fourth-order valence-electron chi connectivity index (χ4n) is 3.00. The van der Waals surface area contributed by atoms with Crippen LogP contribution >= 0.6 is 0 Å². The number of carbonyl (C=O) groups is 1. The van der Waals surface area contributed by atoms with E-state index in [1.165, 1.54) is 6.07 Å². The van der Waals surface area contributed by atoms with Gasteiger partial charge in [-0.25, -0.2) is 13.1 Å². The first-order valence-electron chi connectivity index (χ1n) is 8.00. The Morgan fingerprint density at radius 2 is 2.08 bits per heavy atom. The molecule has 1 saturated heterocycles. The number of carboxylic acids is 1. The van der Waals surface area contributed by atoms with Crippen molar-refractivity contribution in [1.29, 1.82) is 0 Å². The zero-order valence-corrected chi connectivity index (χ0v) is 14.7. The van der Waals surface area contributed by atoms with Crippen LogP contribution in [0.1, 0.15) is 18.4 Å². The summed E-state index contributed by atoms with van der Waals surface area (Å²) in [7, 11) is -3.89. The number of benzene rings is 1. The third-order valence-corrected chi connectivity index (χ3v) is 6.04. The first-order valence-corrected chi connectivity index (χ1v) is 9.49. The minimum Gasteiger partial charge on any atom is -0.481 e. The Labute approximate surface area is 146 Å². The average Bonchev–Trinajstić information content (AvgIpc) is 2.60. The van der Waals surface area contributed by atoms with Crippen molar-refractivity contribution in [2.45, 2.75) is 24.7 Å². The molecule has 0 spiro atoms. The van der Waals surface area contributed by atoms with Gasteiger partial charge < -0.3 is 9.84 Å². The number of pyridine rings is 1. The molecule has 1 aromatic carbocycles. The number of carboxylic acid groups (broad SMARTS) is 1. The molecule has 0 atom stereocenters. The summed E-state index contributed by atoms with van der Waals surface area (Å²) in [6.45, 7) is 2.33. The van der Waals surface area contributed by atoms with E-state index < -0.39 is 21.4 Å². The van der Waals surface area contributed by atoms with E-state index in [4.69, 9.17) is 4.74 Å². The number of fused-ring (bicyclic) bond motifs is 1. The third-order valence-electron chi connectivity index (χ3n) is 4.60. The molecule has 0 saturated carbocycles. The van der Waals surface area contributed by atoms with Gasteiger partial charge in [-0.1, -0.05) is 12.1 Å². The molecule has 0 unspecified atom stereocenters. The van der Waals surface area contributed by atoms with E-state index in [0.717, 1.165) is 10.9 Å². The molecule has 25 heavy (non-hydrogen) atoms. The number of ether oxygens (including phenoxy) is 1. The quantitative estimate of drug-likeness (QED) is 0.837. The molecule has 134 valence electrons. The number of para-hydroxylation sites is 1. The van der Waals surface area contributed by atoms with Crippen molar-refractivity contribution in [3.05, 3.63) is 36.0 Å². The lowest BCUT2D eigenvalue weighted by molar-refractivity contribution is -0.154. The molecular formula is C17H20N2O5S. The van der Waals surface area contributed by atoms with Crippen LogP contribution in [0.25, 0.3) is 10.9 Å². The van der Waals surface area contributed by atoms with E-state index in [1.807, 2.05) is 13.0 Å². The minimum atomic E-state index is -3.89. The van der Waals surface area contributed by atoms with Crippen LogP contribution in [0.2, 0.25) is 0 Å². The molecule has 3 rings (SSSR count). The highest BCUT2D eigenvalue weighted by atomic mass is 32.2. The van der Waals surface area contributed by atoms with Crippen molar-refractivity contribution in [1.82, 2.24) is 9.71 Å². The largest absolute Gasteiger partial charge is 0.481 e. The number of nitrogens with zero attached hydrogens (tertiary/aromatic N) is 1. The zero-order valence-electron chi connectivity index (χ0n) is 13.9. The van der Waals surface area contributed by atoms with Crippen LogP contribution in [0.4, 0.5) is 0 Å². The second-order valence-corrected chi connectivity index (χ2v) is 8.10. The van der Waals surface area contributed by atoms with E-state index in [-0.39, 0.29) is 24.3 Å². The summed E-state index contributed by atoms with van der Waals surface area (Å²) in [4.78, 5) is 16.0. The lowest BCUT2D eigenvalue weighted by Crippen LogP contribution is -2.46. The molecule has 2 N–H and O–H groups in total. The third kappa shape index (κ3) is 3.51. The van der Waals surface area contributed by atoms with Gasteiger partial charge in [0, 0.05) is 31.3 Å². The molecule has 1 aromatic heterocycles. The Balaban J connectivity index is 1.91. The first kappa shape index (κ1) is 17.8. The second-order valence-electron chi connectivity index (χ2n) is 6.36. The lowest BCUT2D eigenvalue weighted by Gasteiger charge is -2.33. The van der Waals surface area contributed by atoms with Gasteiger partial charge >= 0.3 is 5.97 Å². The van der Waals surface area contributed by atoms with Crippen LogP contribution in [0, 0.1) is 12.3 Å². The molecule has 1 aliphatic heterocycles. The molecule has 2 aromatic rings. The van der Waals surface area contributed by atoms with Crippen LogP contribution < -0.4 is 4.72 Å². The molecule has 8 heteroatoms. The van der Waals surface area contributed by atoms with Crippen LogP contribution in [0.5, 0.6) is 0 Å². The number of sulfonamides is 1. The predicted octanol–water partition coefficient (Wildman–Crippen LogP) is 1.70. The standard InChI is InChI=1S/C17H20N2O5S/c1-12-9-13-3-2-4-14(15(13)18-10-12)25(22,23)19-11-17(16(20)21)5-7-24-8-6-17/h2-4,9-10,19H,5-8,11H2,1H3,(H,20,21). The number of aryl methyl sites for hydroxylation is 1. The van der Waals surface area contributed by atoms with Gasteiger partial charge in [-0.05, 0) is 37.5 Å².